The summed E-state index contributed by atoms with van der Waals surface area (Å²) >= 11 is 0. The first-order valence-corrected chi connectivity index (χ1v) is 10.9. The molecule has 1 amide bonds. The van der Waals surface area contributed by atoms with Crippen LogP contribution in [-0.4, -0.2) is 53.5 Å². The molecule has 2 atom stereocenters. The number of benzene rings is 1. The summed E-state index contributed by atoms with van der Waals surface area (Å²) in [5, 5.41) is 0. The molecule has 1 unspecified atom stereocenters. The van der Waals surface area contributed by atoms with Crippen molar-refractivity contribution in [2.45, 2.75) is 51.4 Å². The maximum absolute atomic E-state index is 12.9. The zero-order valence-corrected chi connectivity index (χ0v) is 18.6. The van der Waals surface area contributed by atoms with E-state index < -0.39 is 11.9 Å². The van der Waals surface area contributed by atoms with Crippen LogP contribution in [0, 0.1) is 13.8 Å². The third kappa shape index (κ3) is 4.20. The number of ether oxygens (including phenoxy) is 1. The van der Waals surface area contributed by atoms with E-state index in [4.69, 9.17) is 4.74 Å². The summed E-state index contributed by atoms with van der Waals surface area (Å²) in [5.41, 5.74) is 2.90. The van der Waals surface area contributed by atoms with Crippen LogP contribution in [0.4, 0.5) is 13.2 Å². The monoisotopic (exact) mass is 447 g/mol. The Kier molecular flexibility index (Phi) is 6.16. The lowest BCUT2D eigenvalue weighted by atomic mass is 9.86. The van der Waals surface area contributed by atoms with Crippen molar-refractivity contribution in [3.8, 4) is 5.75 Å². The van der Waals surface area contributed by atoms with Crippen molar-refractivity contribution in [2.75, 3.05) is 26.7 Å². The van der Waals surface area contributed by atoms with Crippen molar-refractivity contribution in [3.05, 3.63) is 58.4 Å². The Morgan fingerprint density at radius 1 is 1.09 bits per heavy atom. The van der Waals surface area contributed by atoms with Crippen LogP contribution in [0.1, 0.15) is 58.0 Å². The molecule has 2 aliphatic rings. The molecule has 2 saturated heterocycles. The molecule has 5 nitrogen and oxygen atoms in total. The van der Waals surface area contributed by atoms with Crippen molar-refractivity contribution in [2.24, 2.45) is 0 Å². The zero-order valence-electron chi connectivity index (χ0n) is 18.6. The molecule has 0 radical (unpaired) electrons. The number of fused-ring (bicyclic) bond motifs is 1. The van der Waals surface area contributed by atoms with Crippen molar-refractivity contribution in [1.29, 1.82) is 0 Å². The fourth-order valence-electron chi connectivity index (χ4n) is 5.04. The van der Waals surface area contributed by atoms with Gasteiger partial charge in [-0.15, -0.1) is 0 Å². The van der Waals surface area contributed by atoms with Gasteiger partial charge in [-0.05, 0) is 68.0 Å². The largest absolute Gasteiger partial charge is 0.496 e. The number of hydrogen-bond acceptors (Lipinski definition) is 4. The Morgan fingerprint density at radius 2 is 1.88 bits per heavy atom. The maximum atomic E-state index is 12.9. The smallest absolute Gasteiger partial charge is 0.433 e. The lowest BCUT2D eigenvalue weighted by molar-refractivity contribution is -0.141. The van der Waals surface area contributed by atoms with Crippen LogP contribution in [-0.2, 0) is 6.18 Å². The molecule has 0 spiro atoms. The molecule has 2 aliphatic heterocycles. The molecule has 2 aromatic rings. The molecule has 2 fully saturated rings. The van der Waals surface area contributed by atoms with Gasteiger partial charge < -0.3 is 9.64 Å². The first-order valence-electron chi connectivity index (χ1n) is 10.9. The number of aromatic nitrogens is 1. The Hall–Kier alpha value is -2.61. The number of nitrogens with zero attached hydrogens (tertiary/aromatic N) is 3. The second kappa shape index (κ2) is 8.73. The predicted octanol–water partition coefficient (Wildman–Crippen LogP) is 4.78. The number of halogens is 3. The number of pyridine rings is 1. The molecular formula is C24H28F3N3O2. The molecule has 0 bridgehead atoms. The number of hydrogen-bond donors (Lipinski definition) is 0. The van der Waals surface area contributed by atoms with Gasteiger partial charge in [-0.25, -0.2) is 0 Å². The summed E-state index contributed by atoms with van der Waals surface area (Å²) in [6, 6.07) is 6.80. The highest BCUT2D eigenvalue weighted by atomic mass is 19.4. The summed E-state index contributed by atoms with van der Waals surface area (Å²) < 4.78 is 43.7. The first-order chi connectivity index (χ1) is 15.2. The number of alkyl halides is 3. The first kappa shape index (κ1) is 22.6. The van der Waals surface area contributed by atoms with E-state index in [0.29, 0.717) is 19.1 Å². The number of carbonyl (C=O) groups is 1. The molecule has 4 rings (SSSR count). The molecule has 172 valence electrons. The van der Waals surface area contributed by atoms with Gasteiger partial charge in [0.15, 0.2) is 0 Å². The Bertz CT molecular complexity index is 991. The van der Waals surface area contributed by atoms with Crippen molar-refractivity contribution in [3.63, 3.8) is 0 Å². The lowest BCUT2D eigenvalue weighted by Crippen LogP contribution is -2.57. The predicted molar refractivity (Wildman–Crippen MR) is 115 cm³/mol. The van der Waals surface area contributed by atoms with Crippen LogP contribution in [0.3, 0.4) is 0 Å². The third-order valence-electron chi connectivity index (χ3n) is 6.89. The fraction of sp³-hybridized carbons (Fsp3) is 0.500. The van der Waals surface area contributed by atoms with E-state index in [0.717, 1.165) is 49.4 Å². The van der Waals surface area contributed by atoms with E-state index in [2.05, 4.69) is 29.8 Å². The molecular weight excluding hydrogens is 419 g/mol. The normalized spacial score (nSPS) is 21.9. The molecule has 1 aromatic heterocycles. The van der Waals surface area contributed by atoms with Gasteiger partial charge in [0.25, 0.3) is 5.91 Å². The Balaban J connectivity index is 1.49. The SMILES string of the molecule is COc1ccc([C@H]2CCCC3CN(C(=O)c4ccc(C(F)(F)F)nc4)CCN32)c(C)c1C. The van der Waals surface area contributed by atoms with Gasteiger partial charge in [-0.3, -0.25) is 14.7 Å². The molecule has 1 aromatic carbocycles. The van der Waals surface area contributed by atoms with Gasteiger partial charge in [0.2, 0.25) is 0 Å². The van der Waals surface area contributed by atoms with Crippen LogP contribution in [0.25, 0.3) is 0 Å². The second-order valence-electron chi connectivity index (χ2n) is 8.63. The minimum atomic E-state index is -4.51. The van der Waals surface area contributed by atoms with E-state index >= 15 is 0 Å². The van der Waals surface area contributed by atoms with E-state index in [9.17, 15) is 18.0 Å². The second-order valence-corrected chi connectivity index (χ2v) is 8.63. The molecule has 0 aliphatic carbocycles. The maximum Gasteiger partial charge on any atom is 0.433 e. The highest BCUT2D eigenvalue weighted by Crippen LogP contribution is 2.39. The van der Waals surface area contributed by atoms with E-state index in [1.807, 2.05) is 6.07 Å². The van der Waals surface area contributed by atoms with E-state index in [-0.39, 0.29) is 17.5 Å². The van der Waals surface area contributed by atoms with Gasteiger partial charge in [0.1, 0.15) is 11.4 Å². The average molecular weight is 448 g/mol. The van der Waals surface area contributed by atoms with Crippen molar-refractivity contribution < 1.29 is 22.7 Å². The lowest BCUT2D eigenvalue weighted by Gasteiger charge is -2.48. The van der Waals surface area contributed by atoms with Gasteiger partial charge >= 0.3 is 6.18 Å². The summed E-state index contributed by atoms with van der Waals surface area (Å²) in [5.74, 6) is 0.628. The highest BCUT2D eigenvalue weighted by Gasteiger charge is 2.38. The number of rotatable bonds is 3. The minimum absolute atomic E-state index is 0.195. The summed E-state index contributed by atoms with van der Waals surface area (Å²) in [6.07, 6.45) is -0.341. The van der Waals surface area contributed by atoms with E-state index in [1.54, 1.807) is 12.0 Å². The molecule has 0 saturated carbocycles. The average Bonchev–Trinajstić information content (AvgIpc) is 2.79. The minimum Gasteiger partial charge on any atom is -0.496 e. The topological polar surface area (TPSA) is 45.7 Å². The van der Waals surface area contributed by atoms with Crippen molar-refractivity contribution in [1.82, 2.24) is 14.8 Å². The Labute approximate surface area is 186 Å². The van der Waals surface area contributed by atoms with Gasteiger partial charge in [-0.1, -0.05) is 6.07 Å². The number of amides is 1. The van der Waals surface area contributed by atoms with Gasteiger partial charge in [0, 0.05) is 37.9 Å². The molecule has 8 heteroatoms. The number of methoxy groups -OCH3 is 1. The van der Waals surface area contributed by atoms with Crippen LogP contribution >= 0.6 is 0 Å². The van der Waals surface area contributed by atoms with Crippen molar-refractivity contribution >= 4 is 5.91 Å². The van der Waals surface area contributed by atoms with Gasteiger partial charge in [0.05, 0.1) is 12.7 Å². The highest BCUT2D eigenvalue weighted by molar-refractivity contribution is 5.94. The molecule has 32 heavy (non-hydrogen) atoms. The van der Waals surface area contributed by atoms with E-state index in [1.165, 1.54) is 17.2 Å². The molecule has 0 N–H and O–H groups in total. The number of piperazine rings is 1. The van der Waals surface area contributed by atoms with Gasteiger partial charge in [-0.2, -0.15) is 13.2 Å². The molecule has 3 heterocycles. The summed E-state index contributed by atoms with van der Waals surface area (Å²) in [6.45, 7) is 6.06. The van der Waals surface area contributed by atoms with Crippen LogP contribution in [0.5, 0.6) is 5.75 Å². The summed E-state index contributed by atoms with van der Waals surface area (Å²) in [4.78, 5) is 20.6. The fourth-order valence-corrected chi connectivity index (χ4v) is 5.04. The van der Waals surface area contributed by atoms with Crippen LogP contribution < -0.4 is 4.74 Å². The zero-order chi connectivity index (χ0) is 23.0. The number of carbonyl (C=O) groups excluding carboxylic acids is 1. The Morgan fingerprint density at radius 3 is 2.53 bits per heavy atom. The van der Waals surface area contributed by atoms with Crippen LogP contribution in [0.2, 0.25) is 0 Å². The quantitative estimate of drug-likeness (QED) is 0.680. The standard InChI is InChI=1S/C24H28F3N3O2/c1-15-16(2)21(32-3)9-8-19(15)20-6-4-5-18-14-29(11-12-30(18)20)23(31)17-7-10-22(28-13-17)24(25,26)27/h7-10,13,18,20H,4-6,11-12,14H2,1-3H3/t18?,20-/m1/s1. The summed E-state index contributed by atoms with van der Waals surface area (Å²) in [7, 11) is 1.68. The van der Waals surface area contributed by atoms with Crippen LogP contribution in [0.15, 0.2) is 30.5 Å². The number of piperidine rings is 1. The third-order valence-corrected chi connectivity index (χ3v) is 6.89.